The number of rotatable bonds is 4. The Morgan fingerprint density at radius 1 is 1.33 bits per heavy atom. The number of halogens is 4. The quantitative estimate of drug-likeness (QED) is 0.850. The number of nitrogens with zero attached hydrogens (tertiary/aromatic N) is 3. The number of aryl methyl sites for hydroxylation is 2. The van der Waals surface area contributed by atoms with Crippen LogP contribution in [0.25, 0.3) is 0 Å². The maximum Gasteiger partial charge on any atom is 0.436 e. The Kier molecular flexibility index (Phi) is 4.83. The van der Waals surface area contributed by atoms with E-state index in [0.29, 0.717) is 18.5 Å². The van der Waals surface area contributed by atoms with Crippen molar-refractivity contribution in [3.8, 4) is 0 Å². The third-order valence-corrected chi connectivity index (χ3v) is 4.82. The van der Waals surface area contributed by atoms with Crippen LogP contribution >= 0.6 is 11.6 Å². The van der Waals surface area contributed by atoms with Crippen molar-refractivity contribution in [2.24, 2.45) is 0 Å². The first kappa shape index (κ1) is 19.5. The predicted octanol–water partition coefficient (Wildman–Crippen LogP) is 3.54. The summed E-state index contributed by atoms with van der Waals surface area (Å²) in [6, 6.07) is 1.97. The van der Waals surface area contributed by atoms with E-state index in [4.69, 9.17) is 11.6 Å². The van der Waals surface area contributed by atoms with Gasteiger partial charge in [-0.15, -0.1) is 0 Å². The zero-order valence-electron chi connectivity index (χ0n) is 14.9. The molecule has 27 heavy (non-hydrogen) atoms. The molecule has 0 radical (unpaired) electrons. The highest BCUT2D eigenvalue weighted by atomic mass is 35.5. The van der Waals surface area contributed by atoms with Crippen LogP contribution in [-0.2, 0) is 11.0 Å². The molecule has 0 aromatic carbocycles. The standard InChI is InChI=1S/C17H18ClF3N4O2/c1-8-6-9(2)24(12(26)7-8)23-16(27)10(3)25-14(11-4-5-11)13(18)15(22-25)17(19,20)21/h6-7,10-11H,4-5H2,1-3H3,(H,23,27)/t10-/m1/s1. The van der Waals surface area contributed by atoms with Gasteiger partial charge in [0.25, 0.3) is 11.5 Å². The lowest BCUT2D eigenvalue weighted by atomic mass is 10.2. The molecule has 0 aliphatic heterocycles. The van der Waals surface area contributed by atoms with E-state index in [1.165, 1.54) is 13.0 Å². The molecule has 146 valence electrons. The summed E-state index contributed by atoms with van der Waals surface area (Å²) in [6.07, 6.45) is -3.34. The molecule has 1 saturated carbocycles. The van der Waals surface area contributed by atoms with Crippen LogP contribution in [-0.4, -0.2) is 20.4 Å². The summed E-state index contributed by atoms with van der Waals surface area (Å²) in [6.45, 7) is 4.80. The number of aromatic nitrogens is 3. The van der Waals surface area contributed by atoms with Crippen molar-refractivity contribution in [2.45, 2.75) is 51.7 Å². The maximum absolute atomic E-state index is 13.2. The van der Waals surface area contributed by atoms with Crippen LogP contribution in [0.15, 0.2) is 16.9 Å². The second kappa shape index (κ2) is 6.70. The van der Waals surface area contributed by atoms with E-state index in [-0.39, 0.29) is 11.6 Å². The fourth-order valence-corrected chi connectivity index (χ4v) is 3.34. The topological polar surface area (TPSA) is 68.9 Å². The highest BCUT2D eigenvalue weighted by Gasteiger charge is 2.43. The Morgan fingerprint density at radius 3 is 2.48 bits per heavy atom. The average molecular weight is 403 g/mol. The van der Waals surface area contributed by atoms with Crippen molar-refractivity contribution in [1.82, 2.24) is 14.5 Å². The molecule has 2 aromatic rings. The molecule has 1 fully saturated rings. The van der Waals surface area contributed by atoms with Crippen LogP contribution in [0.3, 0.4) is 0 Å². The molecule has 0 bridgehead atoms. The van der Waals surface area contributed by atoms with Gasteiger partial charge in [-0.2, -0.15) is 18.3 Å². The summed E-state index contributed by atoms with van der Waals surface area (Å²) in [4.78, 5) is 24.7. The van der Waals surface area contributed by atoms with Crippen LogP contribution in [0.4, 0.5) is 13.2 Å². The highest BCUT2D eigenvalue weighted by Crippen LogP contribution is 2.47. The van der Waals surface area contributed by atoms with Crippen LogP contribution in [0, 0.1) is 13.8 Å². The molecule has 2 heterocycles. The normalized spacial score (nSPS) is 15.7. The molecular weight excluding hydrogens is 385 g/mol. The fourth-order valence-electron chi connectivity index (χ4n) is 2.95. The van der Waals surface area contributed by atoms with Gasteiger partial charge in [0.2, 0.25) is 0 Å². The number of pyridine rings is 1. The zero-order valence-corrected chi connectivity index (χ0v) is 15.6. The number of hydrogen-bond acceptors (Lipinski definition) is 3. The van der Waals surface area contributed by atoms with Gasteiger partial charge in [-0.1, -0.05) is 11.6 Å². The smallest absolute Gasteiger partial charge is 0.271 e. The van der Waals surface area contributed by atoms with Crippen LogP contribution in [0.5, 0.6) is 0 Å². The summed E-state index contributed by atoms with van der Waals surface area (Å²) in [7, 11) is 0. The first-order valence-electron chi connectivity index (χ1n) is 8.37. The number of nitrogens with one attached hydrogen (secondary N) is 1. The lowest BCUT2D eigenvalue weighted by Crippen LogP contribution is -2.38. The lowest BCUT2D eigenvalue weighted by Gasteiger charge is -2.18. The summed E-state index contributed by atoms with van der Waals surface area (Å²) in [5.74, 6) is -0.820. The van der Waals surface area contributed by atoms with Gasteiger partial charge in [-0.3, -0.25) is 19.7 Å². The van der Waals surface area contributed by atoms with Gasteiger partial charge in [0.1, 0.15) is 6.04 Å². The summed E-state index contributed by atoms with van der Waals surface area (Å²) >= 11 is 5.94. The van der Waals surface area contributed by atoms with Crippen molar-refractivity contribution >= 4 is 17.5 Å². The maximum atomic E-state index is 13.2. The van der Waals surface area contributed by atoms with Crippen LogP contribution in [0.1, 0.15) is 54.4 Å². The van der Waals surface area contributed by atoms with E-state index in [1.807, 2.05) is 0 Å². The Morgan fingerprint density at radius 2 is 1.96 bits per heavy atom. The van der Waals surface area contributed by atoms with E-state index in [2.05, 4.69) is 10.5 Å². The average Bonchev–Trinajstić information content (AvgIpc) is 3.31. The minimum atomic E-state index is -4.72. The number of amides is 1. The minimum absolute atomic E-state index is 0.153. The Bertz CT molecular complexity index is 960. The predicted molar refractivity (Wildman–Crippen MR) is 93.5 cm³/mol. The van der Waals surface area contributed by atoms with E-state index >= 15 is 0 Å². The molecule has 1 amide bonds. The molecule has 1 N–H and O–H groups in total. The molecule has 0 spiro atoms. The third-order valence-electron chi connectivity index (χ3n) is 4.45. The lowest BCUT2D eigenvalue weighted by molar-refractivity contribution is -0.141. The van der Waals surface area contributed by atoms with Crippen LogP contribution in [0.2, 0.25) is 5.02 Å². The summed E-state index contributed by atoms with van der Waals surface area (Å²) < 4.78 is 41.6. The first-order valence-corrected chi connectivity index (χ1v) is 8.74. The Hall–Kier alpha value is -2.29. The van der Waals surface area contributed by atoms with E-state index in [1.54, 1.807) is 19.9 Å². The molecule has 2 aromatic heterocycles. The van der Waals surface area contributed by atoms with Crippen molar-refractivity contribution in [2.75, 3.05) is 5.43 Å². The van der Waals surface area contributed by atoms with Crippen molar-refractivity contribution < 1.29 is 18.0 Å². The molecule has 3 rings (SSSR count). The third kappa shape index (κ3) is 3.73. The zero-order chi connectivity index (χ0) is 20.1. The Balaban J connectivity index is 1.95. The Labute approximate surface area is 157 Å². The second-order valence-electron chi connectivity index (χ2n) is 6.76. The molecule has 1 aliphatic rings. The van der Waals surface area contributed by atoms with Crippen LogP contribution < -0.4 is 11.0 Å². The number of carbonyl (C=O) groups excluding carboxylic acids is 1. The molecule has 0 saturated heterocycles. The highest BCUT2D eigenvalue weighted by molar-refractivity contribution is 6.32. The second-order valence-corrected chi connectivity index (χ2v) is 7.14. The molecule has 6 nitrogen and oxygen atoms in total. The van der Waals surface area contributed by atoms with Gasteiger partial charge >= 0.3 is 6.18 Å². The number of alkyl halides is 3. The van der Waals surface area contributed by atoms with Gasteiger partial charge in [-0.05, 0) is 45.2 Å². The van der Waals surface area contributed by atoms with Gasteiger partial charge in [0.15, 0.2) is 5.69 Å². The molecule has 1 atom stereocenters. The largest absolute Gasteiger partial charge is 0.436 e. The first-order chi connectivity index (χ1) is 12.5. The molecule has 10 heteroatoms. The van der Waals surface area contributed by atoms with Gasteiger partial charge in [-0.25, -0.2) is 4.68 Å². The van der Waals surface area contributed by atoms with E-state index in [9.17, 15) is 22.8 Å². The monoisotopic (exact) mass is 402 g/mol. The van der Waals surface area contributed by atoms with Gasteiger partial charge in [0.05, 0.1) is 10.7 Å². The number of hydrogen-bond donors (Lipinski definition) is 1. The van der Waals surface area contributed by atoms with Crippen molar-refractivity contribution in [3.63, 3.8) is 0 Å². The van der Waals surface area contributed by atoms with E-state index in [0.717, 1.165) is 14.9 Å². The molecule has 1 aliphatic carbocycles. The summed E-state index contributed by atoms with van der Waals surface area (Å²) in [5.41, 5.74) is 2.24. The minimum Gasteiger partial charge on any atom is -0.271 e. The van der Waals surface area contributed by atoms with Gasteiger partial charge in [0, 0.05) is 17.7 Å². The summed E-state index contributed by atoms with van der Waals surface area (Å²) in [5, 5.41) is 3.11. The van der Waals surface area contributed by atoms with E-state index < -0.39 is 34.4 Å². The SMILES string of the molecule is Cc1cc(C)n(NC(=O)[C@@H](C)n2nc(C(F)(F)F)c(Cl)c2C2CC2)c(=O)c1. The van der Waals surface area contributed by atoms with Gasteiger partial charge < -0.3 is 0 Å². The van der Waals surface area contributed by atoms with Crippen molar-refractivity contribution in [3.05, 3.63) is 50.2 Å². The fraction of sp³-hybridized carbons (Fsp3) is 0.471. The number of carbonyl (C=O) groups is 1. The molecule has 0 unspecified atom stereocenters. The molecular formula is C17H18ClF3N4O2. The van der Waals surface area contributed by atoms with Crippen molar-refractivity contribution in [1.29, 1.82) is 0 Å².